The molecule has 0 aliphatic heterocycles. The Kier molecular flexibility index (Phi) is 3.92. The number of rotatable bonds is 4. The van der Waals surface area contributed by atoms with E-state index in [2.05, 4.69) is 11.1 Å². The second-order valence-corrected chi connectivity index (χ2v) is 7.51. The Morgan fingerprint density at radius 3 is 2.79 bits per heavy atom. The molecule has 0 saturated carbocycles. The third-order valence-electron chi connectivity index (χ3n) is 3.64. The number of nitrogens with zero attached hydrogens (tertiary/aromatic N) is 2. The molecule has 4 rings (SSSR count). The van der Waals surface area contributed by atoms with Crippen LogP contribution >= 0.6 is 22.7 Å². The molecule has 24 heavy (non-hydrogen) atoms. The molecule has 0 spiro atoms. The van der Waals surface area contributed by atoms with Gasteiger partial charge in [0, 0.05) is 7.05 Å². The van der Waals surface area contributed by atoms with Gasteiger partial charge in [-0.15, -0.1) is 22.7 Å². The summed E-state index contributed by atoms with van der Waals surface area (Å²) in [4.78, 5) is 20.6. The van der Waals surface area contributed by atoms with E-state index in [0.717, 1.165) is 25.9 Å². The number of hydrogen-bond acceptors (Lipinski definition) is 5. The number of para-hydroxylation sites is 1. The molecule has 4 nitrogen and oxygen atoms in total. The average molecular weight is 354 g/mol. The van der Waals surface area contributed by atoms with Gasteiger partial charge in [0.15, 0.2) is 0 Å². The molecule has 120 valence electrons. The van der Waals surface area contributed by atoms with Crippen LogP contribution in [0.2, 0.25) is 0 Å². The normalized spacial score (nSPS) is 11.0. The van der Waals surface area contributed by atoms with Crippen molar-refractivity contribution in [3.63, 3.8) is 0 Å². The topological polar surface area (TPSA) is 46.3 Å². The van der Waals surface area contributed by atoms with E-state index in [4.69, 9.17) is 4.42 Å². The Labute approximate surface area is 147 Å². The van der Waals surface area contributed by atoms with Gasteiger partial charge in [0.25, 0.3) is 5.91 Å². The minimum Gasteiger partial charge on any atom is -0.467 e. The van der Waals surface area contributed by atoms with E-state index >= 15 is 0 Å². The number of hydrogen-bond donors (Lipinski definition) is 0. The molecule has 3 heterocycles. The maximum atomic E-state index is 12.6. The van der Waals surface area contributed by atoms with Crippen molar-refractivity contribution in [3.8, 4) is 9.88 Å². The zero-order valence-corrected chi connectivity index (χ0v) is 14.6. The fourth-order valence-corrected chi connectivity index (χ4v) is 4.46. The highest BCUT2D eigenvalue weighted by Crippen LogP contribution is 2.34. The monoisotopic (exact) mass is 354 g/mol. The molecule has 0 aliphatic carbocycles. The lowest BCUT2D eigenvalue weighted by atomic mass is 10.3. The van der Waals surface area contributed by atoms with Crippen LogP contribution in [0.15, 0.2) is 59.2 Å². The van der Waals surface area contributed by atoms with Gasteiger partial charge in [-0.2, -0.15) is 0 Å². The first kappa shape index (κ1) is 15.1. The Morgan fingerprint density at radius 2 is 2.00 bits per heavy atom. The Hall–Kier alpha value is -2.44. The zero-order valence-electron chi connectivity index (χ0n) is 12.9. The number of furan rings is 1. The van der Waals surface area contributed by atoms with Crippen LogP contribution < -0.4 is 0 Å². The molecule has 0 N–H and O–H groups in total. The predicted octanol–water partition coefficient (Wildman–Crippen LogP) is 4.89. The van der Waals surface area contributed by atoms with Gasteiger partial charge in [-0.1, -0.05) is 12.1 Å². The highest BCUT2D eigenvalue weighted by Gasteiger charge is 2.17. The molecule has 3 aromatic heterocycles. The van der Waals surface area contributed by atoms with E-state index in [0.29, 0.717) is 11.4 Å². The third kappa shape index (κ3) is 2.86. The first-order valence-corrected chi connectivity index (χ1v) is 9.07. The number of benzene rings is 1. The van der Waals surface area contributed by atoms with Gasteiger partial charge in [0.1, 0.15) is 10.8 Å². The fraction of sp³-hybridized carbons (Fsp3) is 0.111. The summed E-state index contributed by atoms with van der Waals surface area (Å²) in [5, 5.41) is 0.953. The minimum absolute atomic E-state index is 0.0104. The van der Waals surface area contributed by atoms with Crippen LogP contribution in [0, 0.1) is 0 Å². The molecule has 1 amide bonds. The summed E-state index contributed by atoms with van der Waals surface area (Å²) in [6, 6.07) is 15.6. The van der Waals surface area contributed by atoms with Crippen molar-refractivity contribution in [2.75, 3.05) is 7.05 Å². The highest BCUT2D eigenvalue weighted by molar-refractivity contribution is 7.26. The molecule has 0 aliphatic rings. The first-order valence-electron chi connectivity index (χ1n) is 7.44. The maximum absolute atomic E-state index is 12.6. The van der Waals surface area contributed by atoms with Gasteiger partial charge in [0.05, 0.1) is 32.8 Å². The molecular formula is C18H14N2O2S2. The SMILES string of the molecule is CN(Cc1ccco1)C(=O)c1ccc(-c2nc3ccccc3s2)s1. The standard InChI is InChI=1S/C18H14N2O2S2/c1-20(11-12-5-4-10-22-12)18(21)16-9-8-15(23-16)17-19-13-6-2-3-7-14(13)24-17/h2-10H,11H2,1H3. The molecular weight excluding hydrogens is 340 g/mol. The van der Waals surface area contributed by atoms with Crippen molar-refractivity contribution in [3.05, 3.63) is 65.4 Å². The van der Waals surface area contributed by atoms with Crippen molar-refractivity contribution in [1.82, 2.24) is 9.88 Å². The minimum atomic E-state index is -0.0104. The fourth-order valence-electron chi connectivity index (χ4n) is 2.44. The van der Waals surface area contributed by atoms with Crippen molar-refractivity contribution in [1.29, 1.82) is 0 Å². The maximum Gasteiger partial charge on any atom is 0.264 e. The van der Waals surface area contributed by atoms with Crippen LogP contribution in [0.3, 0.4) is 0 Å². The molecule has 4 aromatic rings. The van der Waals surface area contributed by atoms with Crippen molar-refractivity contribution >= 4 is 38.8 Å². The van der Waals surface area contributed by atoms with Crippen molar-refractivity contribution in [2.45, 2.75) is 6.54 Å². The lowest BCUT2D eigenvalue weighted by Gasteiger charge is -2.14. The first-order chi connectivity index (χ1) is 11.7. The summed E-state index contributed by atoms with van der Waals surface area (Å²) in [6.07, 6.45) is 1.62. The molecule has 0 radical (unpaired) electrons. The Balaban J connectivity index is 1.56. The largest absolute Gasteiger partial charge is 0.467 e. The molecule has 0 bridgehead atoms. The molecule has 0 atom stereocenters. The predicted molar refractivity (Wildman–Crippen MR) is 97.4 cm³/mol. The molecule has 1 aromatic carbocycles. The number of thiazole rings is 1. The molecule has 0 saturated heterocycles. The lowest BCUT2D eigenvalue weighted by molar-refractivity contribution is 0.0780. The Bertz CT molecular complexity index is 952. The van der Waals surface area contributed by atoms with Crippen LogP contribution in [-0.4, -0.2) is 22.8 Å². The average Bonchev–Trinajstić information content (AvgIpc) is 3.33. The van der Waals surface area contributed by atoms with Crippen LogP contribution in [0.25, 0.3) is 20.1 Å². The number of carbonyl (C=O) groups is 1. The van der Waals surface area contributed by atoms with Crippen molar-refractivity contribution < 1.29 is 9.21 Å². The Morgan fingerprint density at radius 1 is 1.12 bits per heavy atom. The van der Waals surface area contributed by atoms with Crippen LogP contribution in [-0.2, 0) is 6.54 Å². The van der Waals surface area contributed by atoms with Gasteiger partial charge >= 0.3 is 0 Å². The number of amides is 1. The van der Waals surface area contributed by atoms with E-state index in [1.165, 1.54) is 11.3 Å². The summed E-state index contributed by atoms with van der Waals surface area (Å²) in [5.41, 5.74) is 0.994. The second kappa shape index (κ2) is 6.22. The summed E-state index contributed by atoms with van der Waals surface area (Å²) in [6.45, 7) is 0.459. The van der Waals surface area contributed by atoms with Crippen LogP contribution in [0.5, 0.6) is 0 Å². The van der Waals surface area contributed by atoms with E-state index in [1.54, 1.807) is 29.5 Å². The number of fused-ring (bicyclic) bond motifs is 1. The zero-order chi connectivity index (χ0) is 16.5. The van der Waals surface area contributed by atoms with Gasteiger partial charge in [0.2, 0.25) is 0 Å². The summed E-state index contributed by atoms with van der Waals surface area (Å²) >= 11 is 3.12. The third-order valence-corrected chi connectivity index (χ3v) is 5.92. The van der Waals surface area contributed by atoms with Crippen molar-refractivity contribution in [2.24, 2.45) is 0 Å². The van der Waals surface area contributed by atoms with Gasteiger partial charge in [-0.25, -0.2) is 4.98 Å². The van der Waals surface area contributed by atoms with Gasteiger partial charge in [-0.3, -0.25) is 4.79 Å². The highest BCUT2D eigenvalue weighted by atomic mass is 32.1. The summed E-state index contributed by atoms with van der Waals surface area (Å²) in [7, 11) is 1.78. The van der Waals surface area contributed by atoms with E-state index in [-0.39, 0.29) is 5.91 Å². The smallest absolute Gasteiger partial charge is 0.264 e. The van der Waals surface area contributed by atoms with E-state index in [9.17, 15) is 4.79 Å². The van der Waals surface area contributed by atoms with Gasteiger partial charge < -0.3 is 9.32 Å². The molecule has 6 heteroatoms. The number of carbonyl (C=O) groups excluding carboxylic acids is 1. The number of thiophene rings is 1. The molecule has 0 unspecified atom stereocenters. The second-order valence-electron chi connectivity index (χ2n) is 5.39. The molecule has 0 fully saturated rings. The number of aromatic nitrogens is 1. The van der Waals surface area contributed by atoms with Crippen LogP contribution in [0.4, 0.5) is 0 Å². The van der Waals surface area contributed by atoms with E-state index < -0.39 is 0 Å². The summed E-state index contributed by atoms with van der Waals surface area (Å²) in [5.74, 6) is 0.762. The summed E-state index contributed by atoms with van der Waals surface area (Å²) < 4.78 is 6.46. The van der Waals surface area contributed by atoms with Crippen LogP contribution in [0.1, 0.15) is 15.4 Å². The quantitative estimate of drug-likeness (QED) is 0.524. The van der Waals surface area contributed by atoms with E-state index in [1.807, 2.05) is 42.5 Å². The van der Waals surface area contributed by atoms with Gasteiger partial charge in [-0.05, 0) is 36.4 Å². The lowest BCUT2D eigenvalue weighted by Crippen LogP contribution is -2.25.